The molecule has 0 saturated carbocycles. The van der Waals surface area contributed by atoms with Crippen LogP contribution in [0, 0.1) is 0 Å². The molecule has 10 aromatic rings. The predicted molar refractivity (Wildman–Crippen MR) is 231 cm³/mol. The van der Waals surface area contributed by atoms with E-state index in [2.05, 4.69) is 228 Å². The van der Waals surface area contributed by atoms with E-state index in [1.165, 1.54) is 54.2 Å². The van der Waals surface area contributed by atoms with Gasteiger partial charge in [-0.25, -0.2) is 0 Å². The van der Waals surface area contributed by atoms with Crippen molar-refractivity contribution in [1.82, 2.24) is 0 Å². The smallest absolute Gasteiger partial charge is 0.0541 e. The molecule has 54 heavy (non-hydrogen) atoms. The van der Waals surface area contributed by atoms with E-state index >= 15 is 0 Å². The van der Waals surface area contributed by atoms with E-state index in [1.54, 1.807) is 0 Å². The molecule has 254 valence electrons. The number of hydrogen-bond acceptors (Lipinski definition) is 2. The van der Waals surface area contributed by atoms with Gasteiger partial charge in [-0.1, -0.05) is 152 Å². The molecule has 2 nitrogen and oxygen atoms in total. The van der Waals surface area contributed by atoms with Crippen LogP contribution in [0.15, 0.2) is 218 Å². The molecule has 0 aliphatic rings. The fraction of sp³-hybridized carbons (Fsp3) is 0. The van der Waals surface area contributed by atoms with Crippen molar-refractivity contribution in [1.29, 1.82) is 0 Å². The second kappa shape index (κ2) is 13.4. The van der Waals surface area contributed by atoms with Crippen LogP contribution in [0.25, 0.3) is 54.2 Å². The Hall–Kier alpha value is -7.16. The lowest BCUT2D eigenvalue weighted by Crippen LogP contribution is -2.13. The molecule has 0 N–H and O–H groups in total. The van der Waals surface area contributed by atoms with Crippen LogP contribution in [0.1, 0.15) is 0 Å². The van der Waals surface area contributed by atoms with Gasteiger partial charge in [0.2, 0.25) is 0 Å². The van der Waals surface area contributed by atoms with Gasteiger partial charge in [-0.2, -0.15) is 0 Å². The van der Waals surface area contributed by atoms with Gasteiger partial charge in [-0.3, -0.25) is 0 Å². The zero-order valence-corrected chi connectivity index (χ0v) is 29.7. The van der Waals surface area contributed by atoms with Crippen molar-refractivity contribution >= 4 is 77.2 Å². The van der Waals surface area contributed by atoms with Crippen molar-refractivity contribution < 1.29 is 0 Å². The monoisotopic (exact) mass is 688 g/mol. The average molecular weight is 689 g/mol. The highest BCUT2D eigenvalue weighted by Gasteiger charge is 2.21. The topological polar surface area (TPSA) is 6.48 Å². The molecule has 0 amide bonds. The summed E-state index contributed by atoms with van der Waals surface area (Å²) in [6.07, 6.45) is 0. The Morgan fingerprint density at radius 1 is 0.222 bits per heavy atom. The van der Waals surface area contributed by atoms with Crippen LogP contribution in [0.5, 0.6) is 0 Å². The highest BCUT2D eigenvalue weighted by Crippen LogP contribution is 2.46. The third-order valence-electron chi connectivity index (χ3n) is 10.6. The lowest BCUT2D eigenvalue weighted by atomic mass is 9.99. The van der Waals surface area contributed by atoms with Gasteiger partial charge >= 0.3 is 0 Å². The standard InChI is InChI=1S/C52H36N2/c1-3-16-43(17-4-1)53(45-30-27-38(28-31-45)42-26-23-37-13-7-8-15-41(37)35-42)51-33-34-52(49-22-12-11-21-48(49)51)54(44-18-5-2-6-19-44)46-32-29-40-25-24-39-14-9-10-20-47(39)50(40)36-46/h1-36H. The van der Waals surface area contributed by atoms with E-state index in [-0.39, 0.29) is 0 Å². The minimum atomic E-state index is 1.10. The van der Waals surface area contributed by atoms with Crippen LogP contribution in [0.2, 0.25) is 0 Å². The Morgan fingerprint density at radius 2 is 0.648 bits per heavy atom. The maximum Gasteiger partial charge on any atom is 0.0541 e. The quantitative estimate of drug-likeness (QED) is 0.154. The number of fused-ring (bicyclic) bond motifs is 5. The molecular weight excluding hydrogens is 653 g/mol. The van der Waals surface area contributed by atoms with E-state index in [1.807, 2.05) is 0 Å². The Labute approximate surface area is 315 Å². The molecule has 0 aliphatic heterocycles. The van der Waals surface area contributed by atoms with Gasteiger partial charge in [0, 0.05) is 33.5 Å². The van der Waals surface area contributed by atoms with Gasteiger partial charge in [0.15, 0.2) is 0 Å². The molecule has 0 atom stereocenters. The molecule has 0 radical (unpaired) electrons. The van der Waals surface area contributed by atoms with Crippen molar-refractivity contribution in [3.8, 4) is 11.1 Å². The van der Waals surface area contributed by atoms with Gasteiger partial charge in [-0.05, 0) is 110 Å². The van der Waals surface area contributed by atoms with Crippen LogP contribution in [-0.2, 0) is 0 Å². The first-order valence-corrected chi connectivity index (χ1v) is 18.5. The predicted octanol–water partition coefficient (Wildman–Crippen LogP) is 14.9. The van der Waals surface area contributed by atoms with E-state index in [4.69, 9.17) is 0 Å². The van der Waals surface area contributed by atoms with E-state index in [0.717, 1.165) is 34.1 Å². The molecule has 0 unspecified atom stereocenters. The third kappa shape index (κ3) is 5.62. The summed E-state index contributed by atoms with van der Waals surface area (Å²) in [4.78, 5) is 4.78. The van der Waals surface area contributed by atoms with Crippen molar-refractivity contribution in [3.63, 3.8) is 0 Å². The lowest BCUT2D eigenvalue weighted by Gasteiger charge is -2.31. The molecule has 0 saturated heterocycles. The second-order valence-electron chi connectivity index (χ2n) is 13.8. The minimum absolute atomic E-state index is 1.10. The molecule has 0 spiro atoms. The minimum Gasteiger partial charge on any atom is -0.310 e. The number of anilines is 6. The normalized spacial score (nSPS) is 11.3. The van der Waals surface area contributed by atoms with E-state index in [9.17, 15) is 0 Å². The van der Waals surface area contributed by atoms with Crippen molar-refractivity contribution in [2.75, 3.05) is 9.80 Å². The fourth-order valence-corrected chi connectivity index (χ4v) is 7.97. The van der Waals surface area contributed by atoms with Gasteiger partial charge < -0.3 is 9.80 Å². The number of hydrogen-bond donors (Lipinski definition) is 0. The maximum atomic E-state index is 2.40. The van der Waals surface area contributed by atoms with Crippen molar-refractivity contribution in [2.45, 2.75) is 0 Å². The first-order valence-electron chi connectivity index (χ1n) is 18.5. The SMILES string of the molecule is c1ccc(N(c2ccc(-c3ccc4ccccc4c3)cc2)c2ccc(N(c3ccccc3)c3ccc4ccc5ccccc5c4c3)c3ccccc23)cc1. The van der Waals surface area contributed by atoms with Crippen molar-refractivity contribution in [2.24, 2.45) is 0 Å². The molecule has 0 aliphatic carbocycles. The van der Waals surface area contributed by atoms with Gasteiger partial charge in [0.1, 0.15) is 0 Å². The van der Waals surface area contributed by atoms with Crippen LogP contribution in [-0.4, -0.2) is 0 Å². The molecule has 0 aromatic heterocycles. The summed E-state index contributed by atoms with van der Waals surface area (Å²) in [6, 6.07) is 79.0. The summed E-state index contributed by atoms with van der Waals surface area (Å²) < 4.78 is 0. The first-order chi connectivity index (χ1) is 26.8. The van der Waals surface area contributed by atoms with Crippen LogP contribution >= 0.6 is 0 Å². The Bertz CT molecular complexity index is 2930. The zero-order valence-electron chi connectivity index (χ0n) is 29.7. The summed E-state index contributed by atoms with van der Waals surface area (Å²) in [5.41, 5.74) is 9.09. The summed E-state index contributed by atoms with van der Waals surface area (Å²) >= 11 is 0. The molecule has 0 fully saturated rings. The molecule has 0 heterocycles. The molecular formula is C52H36N2. The highest BCUT2D eigenvalue weighted by atomic mass is 15.2. The summed E-state index contributed by atoms with van der Waals surface area (Å²) in [5.74, 6) is 0. The summed E-state index contributed by atoms with van der Waals surface area (Å²) in [7, 11) is 0. The van der Waals surface area contributed by atoms with Gasteiger partial charge in [-0.15, -0.1) is 0 Å². The Morgan fingerprint density at radius 3 is 1.30 bits per heavy atom. The lowest BCUT2D eigenvalue weighted by molar-refractivity contribution is 1.28. The molecule has 10 rings (SSSR count). The van der Waals surface area contributed by atoms with E-state index < -0.39 is 0 Å². The average Bonchev–Trinajstić information content (AvgIpc) is 3.25. The second-order valence-corrected chi connectivity index (χ2v) is 13.8. The van der Waals surface area contributed by atoms with Crippen LogP contribution in [0.3, 0.4) is 0 Å². The van der Waals surface area contributed by atoms with Crippen LogP contribution < -0.4 is 9.80 Å². The Balaban J connectivity index is 1.13. The number of nitrogens with zero attached hydrogens (tertiary/aromatic N) is 2. The van der Waals surface area contributed by atoms with Gasteiger partial charge in [0.05, 0.1) is 11.4 Å². The first kappa shape index (κ1) is 31.6. The van der Waals surface area contributed by atoms with E-state index in [0.29, 0.717) is 0 Å². The fourth-order valence-electron chi connectivity index (χ4n) is 7.97. The third-order valence-corrected chi connectivity index (χ3v) is 10.6. The largest absolute Gasteiger partial charge is 0.310 e. The van der Waals surface area contributed by atoms with Gasteiger partial charge in [0.25, 0.3) is 0 Å². The van der Waals surface area contributed by atoms with Crippen LogP contribution in [0.4, 0.5) is 34.1 Å². The number of para-hydroxylation sites is 2. The number of benzene rings is 10. The molecule has 10 aromatic carbocycles. The highest BCUT2D eigenvalue weighted by molar-refractivity contribution is 6.11. The van der Waals surface area contributed by atoms with Crippen molar-refractivity contribution in [3.05, 3.63) is 218 Å². The Kier molecular flexibility index (Phi) is 7.85. The maximum absolute atomic E-state index is 2.40. The number of rotatable bonds is 7. The summed E-state index contributed by atoms with van der Waals surface area (Å²) in [6.45, 7) is 0. The molecule has 2 heteroatoms. The summed E-state index contributed by atoms with van der Waals surface area (Å²) in [5, 5.41) is 9.83. The zero-order chi connectivity index (χ0) is 35.8. The molecule has 0 bridgehead atoms.